The molecule has 5 nitrogen and oxygen atoms in total. The molecule has 0 aliphatic heterocycles. The van der Waals surface area contributed by atoms with Crippen molar-refractivity contribution in [1.82, 2.24) is 9.72 Å². The van der Waals surface area contributed by atoms with Crippen molar-refractivity contribution in [1.29, 1.82) is 0 Å². The van der Waals surface area contributed by atoms with Crippen molar-refractivity contribution in [2.75, 3.05) is 0 Å². The van der Waals surface area contributed by atoms with Crippen molar-refractivity contribution in [3.63, 3.8) is 0 Å². The van der Waals surface area contributed by atoms with Gasteiger partial charge in [-0.3, -0.25) is 0 Å². The summed E-state index contributed by atoms with van der Waals surface area (Å²) in [5.74, 6) is -1.32. The lowest BCUT2D eigenvalue weighted by atomic mass is 10.1. The first-order chi connectivity index (χ1) is 9.06. The van der Waals surface area contributed by atoms with Crippen molar-refractivity contribution >= 4 is 28.5 Å². The maximum absolute atomic E-state index is 10.8. The monoisotopic (exact) mass is 276 g/mol. The van der Waals surface area contributed by atoms with E-state index in [1.165, 1.54) is 6.07 Å². The first-order valence-corrected chi connectivity index (χ1v) is 5.89. The summed E-state index contributed by atoms with van der Waals surface area (Å²) < 4.78 is 6.65. The standard InChI is InChI=1S/C13H9ClN2O3/c1-16-6-9(14)8-3-2-7(4-11(8)16)10-5-12(13(17)18)19-15-10/h2-6H,1H3,(H,17,18). The Balaban J connectivity index is 2.14. The van der Waals surface area contributed by atoms with Crippen LogP contribution in [0.25, 0.3) is 22.2 Å². The number of halogens is 1. The fraction of sp³-hybridized carbons (Fsp3) is 0.0769. The first-order valence-electron chi connectivity index (χ1n) is 5.51. The Bertz CT molecular complexity index is 788. The van der Waals surface area contributed by atoms with Crippen LogP contribution in [0.1, 0.15) is 10.6 Å². The number of carboxylic acid groups (broad SMARTS) is 1. The van der Waals surface area contributed by atoms with E-state index in [4.69, 9.17) is 21.2 Å². The highest BCUT2D eigenvalue weighted by Crippen LogP contribution is 2.29. The molecule has 0 amide bonds. The fourth-order valence-corrected chi connectivity index (χ4v) is 2.31. The van der Waals surface area contributed by atoms with Crippen molar-refractivity contribution in [2.45, 2.75) is 0 Å². The molecule has 0 atom stereocenters. The highest BCUT2D eigenvalue weighted by atomic mass is 35.5. The van der Waals surface area contributed by atoms with E-state index in [9.17, 15) is 4.79 Å². The van der Waals surface area contributed by atoms with Gasteiger partial charge < -0.3 is 14.2 Å². The quantitative estimate of drug-likeness (QED) is 0.780. The minimum absolute atomic E-state index is 0.181. The minimum atomic E-state index is -1.14. The third kappa shape index (κ3) is 1.88. The van der Waals surface area contributed by atoms with Gasteiger partial charge in [0.25, 0.3) is 0 Å². The average Bonchev–Trinajstić information content (AvgIpc) is 2.96. The topological polar surface area (TPSA) is 68.3 Å². The molecule has 96 valence electrons. The second-order valence-electron chi connectivity index (χ2n) is 4.20. The smallest absolute Gasteiger partial charge is 0.374 e. The number of benzene rings is 1. The number of rotatable bonds is 2. The maximum atomic E-state index is 10.8. The Kier molecular flexibility index (Phi) is 2.57. The number of carbonyl (C=O) groups is 1. The zero-order valence-corrected chi connectivity index (χ0v) is 10.7. The Morgan fingerprint density at radius 3 is 2.89 bits per heavy atom. The number of hydrogen-bond donors (Lipinski definition) is 1. The molecule has 0 fully saturated rings. The number of fused-ring (bicyclic) bond motifs is 1. The lowest BCUT2D eigenvalue weighted by Gasteiger charge is -1.99. The number of hydrogen-bond acceptors (Lipinski definition) is 3. The fourth-order valence-electron chi connectivity index (χ4n) is 2.01. The maximum Gasteiger partial charge on any atom is 0.374 e. The lowest BCUT2D eigenvalue weighted by molar-refractivity contribution is 0.0652. The summed E-state index contributed by atoms with van der Waals surface area (Å²) in [5, 5.41) is 14.2. The molecular formula is C13H9ClN2O3. The Morgan fingerprint density at radius 1 is 1.42 bits per heavy atom. The van der Waals surface area contributed by atoms with Crippen LogP contribution in [0.15, 0.2) is 35.0 Å². The van der Waals surface area contributed by atoms with E-state index in [2.05, 4.69) is 5.16 Å². The molecule has 1 N–H and O–H groups in total. The van der Waals surface area contributed by atoms with Crippen LogP contribution >= 0.6 is 11.6 Å². The summed E-state index contributed by atoms with van der Waals surface area (Å²) >= 11 is 6.09. The van der Waals surface area contributed by atoms with Crippen LogP contribution in [-0.4, -0.2) is 20.8 Å². The molecule has 19 heavy (non-hydrogen) atoms. The van der Waals surface area contributed by atoms with Crippen molar-refractivity contribution in [3.05, 3.63) is 41.2 Å². The van der Waals surface area contributed by atoms with Crippen molar-refractivity contribution in [3.8, 4) is 11.3 Å². The van der Waals surface area contributed by atoms with Gasteiger partial charge in [0.1, 0.15) is 5.69 Å². The summed E-state index contributed by atoms with van der Waals surface area (Å²) in [6.45, 7) is 0. The van der Waals surface area contributed by atoms with Crippen molar-refractivity contribution in [2.24, 2.45) is 7.05 Å². The van der Waals surface area contributed by atoms with Gasteiger partial charge in [0.05, 0.1) is 5.02 Å². The molecule has 0 saturated carbocycles. The number of aryl methyl sites for hydroxylation is 1. The third-order valence-electron chi connectivity index (χ3n) is 2.96. The second-order valence-corrected chi connectivity index (χ2v) is 4.61. The van der Waals surface area contributed by atoms with E-state index in [-0.39, 0.29) is 5.76 Å². The van der Waals surface area contributed by atoms with Gasteiger partial charge >= 0.3 is 5.97 Å². The van der Waals surface area contributed by atoms with Gasteiger partial charge in [-0.15, -0.1) is 0 Å². The van der Waals surface area contributed by atoms with Gasteiger partial charge in [-0.05, 0) is 6.07 Å². The minimum Gasteiger partial charge on any atom is -0.475 e. The molecule has 2 heterocycles. The molecule has 0 radical (unpaired) electrons. The Morgan fingerprint density at radius 2 is 2.21 bits per heavy atom. The predicted octanol–water partition coefficient (Wildman–Crippen LogP) is 3.18. The number of aromatic carboxylic acids is 1. The number of carboxylic acids is 1. The van der Waals surface area contributed by atoms with Crippen molar-refractivity contribution < 1.29 is 14.4 Å². The SMILES string of the molecule is Cn1cc(Cl)c2ccc(-c3cc(C(=O)O)on3)cc21. The van der Waals surface area contributed by atoms with E-state index in [0.717, 1.165) is 16.5 Å². The van der Waals surface area contributed by atoms with Gasteiger partial charge in [0.15, 0.2) is 0 Å². The van der Waals surface area contributed by atoms with E-state index in [1.54, 1.807) is 0 Å². The third-order valence-corrected chi connectivity index (χ3v) is 3.26. The lowest BCUT2D eigenvalue weighted by Crippen LogP contribution is -1.91. The van der Waals surface area contributed by atoms with Crippen LogP contribution in [0.4, 0.5) is 0 Å². The van der Waals surface area contributed by atoms with E-state index in [1.807, 2.05) is 36.0 Å². The van der Waals surface area contributed by atoms with E-state index in [0.29, 0.717) is 10.7 Å². The second kappa shape index (κ2) is 4.13. The molecule has 0 spiro atoms. The van der Waals surface area contributed by atoms with Gasteiger partial charge in [-0.1, -0.05) is 28.9 Å². The summed E-state index contributed by atoms with van der Waals surface area (Å²) in [5.41, 5.74) is 2.21. The van der Waals surface area contributed by atoms with Crippen LogP contribution in [-0.2, 0) is 7.05 Å². The van der Waals surface area contributed by atoms with Gasteiger partial charge in [-0.25, -0.2) is 4.79 Å². The first kappa shape index (κ1) is 11.8. The molecule has 6 heteroatoms. The van der Waals surface area contributed by atoms with Crippen LogP contribution in [0.2, 0.25) is 5.02 Å². The molecule has 0 unspecified atom stereocenters. The zero-order valence-electron chi connectivity index (χ0n) is 9.92. The van der Waals surface area contributed by atoms with Gasteiger partial charge in [-0.2, -0.15) is 0 Å². The molecule has 0 saturated heterocycles. The summed E-state index contributed by atoms with van der Waals surface area (Å²) in [6.07, 6.45) is 1.82. The predicted molar refractivity (Wildman–Crippen MR) is 70.4 cm³/mol. The molecule has 3 rings (SSSR count). The molecule has 2 aromatic heterocycles. The normalized spacial score (nSPS) is 11.1. The van der Waals surface area contributed by atoms with Gasteiger partial charge in [0.2, 0.25) is 5.76 Å². The molecule has 0 bridgehead atoms. The van der Waals surface area contributed by atoms with Crippen LogP contribution in [0.3, 0.4) is 0 Å². The van der Waals surface area contributed by atoms with Crippen LogP contribution in [0.5, 0.6) is 0 Å². The highest BCUT2D eigenvalue weighted by Gasteiger charge is 2.13. The van der Waals surface area contributed by atoms with Gasteiger partial charge in [0, 0.05) is 35.8 Å². The van der Waals surface area contributed by atoms with Crippen LogP contribution < -0.4 is 0 Å². The van der Waals surface area contributed by atoms with Crippen LogP contribution in [0, 0.1) is 0 Å². The Labute approximate surface area is 113 Å². The molecule has 3 aromatic rings. The summed E-state index contributed by atoms with van der Waals surface area (Å²) in [4.78, 5) is 10.8. The molecule has 1 aromatic carbocycles. The zero-order chi connectivity index (χ0) is 13.6. The summed E-state index contributed by atoms with van der Waals surface area (Å²) in [7, 11) is 1.89. The molecular weight excluding hydrogens is 268 g/mol. The Hall–Kier alpha value is -2.27. The summed E-state index contributed by atoms with van der Waals surface area (Å²) in [6, 6.07) is 7.00. The largest absolute Gasteiger partial charge is 0.475 e. The van der Waals surface area contributed by atoms with E-state index >= 15 is 0 Å². The number of nitrogens with zero attached hydrogens (tertiary/aromatic N) is 2. The molecule has 0 aliphatic carbocycles. The van der Waals surface area contributed by atoms with E-state index < -0.39 is 5.97 Å². The average molecular weight is 277 g/mol. The number of aromatic nitrogens is 2. The molecule has 0 aliphatic rings. The highest BCUT2D eigenvalue weighted by molar-refractivity contribution is 6.35.